The second kappa shape index (κ2) is 7.62. The van der Waals surface area contributed by atoms with Crippen molar-refractivity contribution in [1.29, 1.82) is 0 Å². The summed E-state index contributed by atoms with van der Waals surface area (Å²) in [7, 11) is 0. The molecule has 0 amide bonds. The summed E-state index contributed by atoms with van der Waals surface area (Å²) in [6.45, 7) is 6.94. The first-order chi connectivity index (χ1) is 11.2. The number of halogens is 1. The molecule has 2 aromatic carbocycles. The van der Waals surface area contributed by atoms with Crippen LogP contribution in [0.15, 0.2) is 53.6 Å². The first kappa shape index (κ1) is 16.0. The SMILES string of the molecule is Cc1cccc(/C=N/N2CCN(Cc3ccccc3Cl)CC2)c1. The Hall–Kier alpha value is -1.84. The molecule has 0 aromatic heterocycles. The Morgan fingerprint density at radius 3 is 2.57 bits per heavy atom. The van der Waals surface area contributed by atoms with Gasteiger partial charge in [0.1, 0.15) is 0 Å². The van der Waals surface area contributed by atoms with E-state index in [1.807, 2.05) is 24.4 Å². The van der Waals surface area contributed by atoms with Crippen LogP contribution >= 0.6 is 11.6 Å². The Balaban J connectivity index is 1.51. The standard InChI is InChI=1S/C19H22ClN3/c1-16-5-4-6-17(13-16)14-21-23-11-9-22(10-12-23)15-18-7-2-3-8-19(18)20/h2-8,13-14H,9-12,15H2,1H3/b21-14+. The van der Waals surface area contributed by atoms with Crippen molar-refractivity contribution in [1.82, 2.24) is 9.91 Å². The number of aryl methyl sites for hydroxylation is 1. The highest BCUT2D eigenvalue weighted by Crippen LogP contribution is 2.17. The highest BCUT2D eigenvalue weighted by Gasteiger charge is 2.16. The molecule has 120 valence electrons. The van der Waals surface area contributed by atoms with E-state index in [4.69, 9.17) is 11.6 Å². The summed E-state index contributed by atoms with van der Waals surface area (Å²) >= 11 is 6.24. The minimum absolute atomic E-state index is 0.854. The van der Waals surface area contributed by atoms with Gasteiger partial charge >= 0.3 is 0 Å². The van der Waals surface area contributed by atoms with Crippen LogP contribution in [0.1, 0.15) is 16.7 Å². The van der Waals surface area contributed by atoms with Gasteiger partial charge in [-0.25, -0.2) is 0 Å². The summed E-state index contributed by atoms with van der Waals surface area (Å²) in [6, 6.07) is 16.5. The molecule has 3 rings (SSSR count). The zero-order valence-electron chi connectivity index (χ0n) is 13.5. The molecule has 0 aliphatic carbocycles. The molecule has 0 atom stereocenters. The van der Waals surface area contributed by atoms with Crippen LogP contribution in [-0.4, -0.2) is 42.3 Å². The van der Waals surface area contributed by atoms with Crippen LogP contribution in [0.5, 0.6) is 0 Å². The lowest BCUT2D eigenvalue weighted by molar-refractivity contribution is 0.131. The van der Waals surface area contributed by atoms with Gasteiger partial charge in [0.15, 0.2) is 0 Å². The number of hydrogen-bond donors (Lipinski definition) is 0. The van der Waals surface area contributed by atoms with E-state index in [1.54, 1.807) is 0 Å². The van der Waals surface area contributed by atoms with Gasteiger partial charge in [0.2, 0.25) is 0 Å². The van der Waals surface area contributed by atoms with Crippen molar-refractivity contribution in [2.24, 2.45) is 5.10 Å². The van der Waals surface area contributed by atoms with E-state index in [1.165, 1.54) is 11.1 Å². The van der Waals surface area contributed by atoms with Crippen molar-refractivity contribution in [3.05, 3.63) is 70.2 Å². The van der Waals surface area contributed by atoms with E-state index >= 15 is 0 Å². The number of rotatable bonds is 4. The van der Waals surface area contributed by atoms with Crippen LogP contribution in [0.2, 0.25) is 5.02 Å². The van der Waals surface area contributed by atoms with Gasteiger partial charge in [0.25, 0.3) is 0 Å². The zero-order chi connectivity index (χ0) is 16.1. The lowest BCUT2D eigenvalue weighted by Crippen LogP contribution is -2.43. The average Bonchev–Trinajstić information content (AvgIpc) is 2.56. The molecule has 0 radical (unpaired) electrons. The maximum absolute atomic E-state index is 6.24. The molecule has 4 heteroatoms. The number of benzene rings is 2. The van der Waals surface area contributed by atoms with Crippen molar-refractivity contribution in [2.75, 3.05) is 26.2 Å². The lowest BCUT2D eigenvalue weighted by Gasteiger charge is -2.33. The second-order valence-corrected chi connectivity index (χ2v) is 6.39. The molecule has 23 heavy (non-hydrogen) atoms. The zero-order valence-corrected chi connectivity index (χ0v) is 14.2. The Morgan fingerprint density at radius 1 is 1.04 bits per heavy atom. The highest BCUT2D eigenvalue weighted by atomic mass is 35.5. The third kappa shape index (κ3) is 4.57. The van der Waals surface area contributed by atoms with Crippen molar-refractivity contribution in [3.8, 4) is 0 Å². The fourth-order valence-corrected chi connectivity index (χ4v) is 2.97. The second-order valence-electron chi connectivity index (χ2n) is 5.98. The summed E-state index contributed by atoms with van der Waals surface area (Å²) in [5, 5.41) is 7.61. The molecule has 2 aromatic rings. The van der Waals surface area contributed by atoms with Gasteiger partial charge < -0.3 is 0 Å². The average molecular weight is 328 g/mol. The molecule has 1 aliphatic heterocycles. The number of hydrazone groups is 1. The third-order valence-electron chi connectivity index (χ3n) is 4.11. The monoisotopic (exact) mass is 327 g/mol. The molecule has 1 fully saturated rings. The van der Waals surface area contributed by atoms with E-state index in [0.717, 1.165) is 43.3 Å². The molecule has 0 saturated carbocycles. The Morgan fingerprint density at radius 2 is 1.83 bits per heavy atom. The number of piperazine rings is 1. The summed E-state index contributed by atoms with van der Waals surface area (Å²) in [5.41, 5.74) is 3.62. The van der Waals surface area contributed by atoms with Crippen molar-refractivity contribution in [3.63, 3.8) is 0 Å². The first-order valence-electron chi connectivity index (χ1n) is 8.02. The van der Waals surface area contributed by atoms with Crippen molar-refractivity contribution in [2.45, 2.75) is 13.5 Å². The normalized spacial score (nSPS) is 16.2. The predicted molar refractivity (Wildman–Crippen MR) is 97.1 cm³/mol. The van der Waals surface area contributed by atoms with Crippen LogP contribution in [0.3, 0.4) is 0 Å². The van der Waals surface area contributed by atoms with Gasteiger partial charge in [-0.05, 0) is 24.1 Å². The summed E-state index contributed by atoms with van der Waals surface area (Å²) < 4.78 is 0. The van der Waals surface area contributed by atoms with Gasteiger partial charge in [-0.3, -0.25) is 9.91 Å². The van der Waals surface area contributed by atoms with Crippen LogP contribution < -0.4 is 0 Å². The maximum Gasteiger partial charge on any atom is 0.0543 e. The Bertz CT molecular complexity index is 676. The Labute approximate surface area is 143 Å². The molecule has 0 unspecified atom stereocenters. The largest absolute Gasteiger partial charge is 0.295 e. The van der Waals surface area contributed by atoms with Crippen molar-refractivity contribution < 1.29 is 0 Å². The molecule has 1 aliphatic rings. The molecule has 0 N–H and O–H groups in total. The molecule has 1 saturated heterocycles. The molecule has 0 bridgehead atoms. The van der Waals surface area contributed by atoms with Gasteiger partial charge in [-0.15, -0.1) is 0 Å². The van der Waals surface area contributed by atoms with E-state index in [-0.39, 0.29) is 0 Å². The lowest BCUT2D eigenvalue weighted by atomic mass is 10.2. The minimum Gasteiger partial charge on any atom is -0.295 e. The van der Waals surface area contributed by atoms with Gasteiger partial charge in [0.05, 0.1) is 6.21 Å². The molecule has 3 nitrogen and oxygen atoms in total. The minimum atomic E-state index is 0.854. The van der Waals surface area contributed by atoms with Gasteiger partial charge in [-0.1, -0.05) is 59.6 Å². The van der Waals surface area contributed by atoms with E-state index in [2.05, 4.69) is 52.3 Å². The van der Waals surface area contributed by atoms with E-state index in [0.29, 0.717) is 0 Å². The number of nitrogens with zero attached hydrogens (tertiary/aromatic N) is 3. The van der Waals surface area contributed by atoms with Gasteiger partial charge in [-0.2, -0.15) is 5.10 Å². The molecule has 0 spiro atoms. The quantitative estimate of drug-likeness (QED) is 0.795. The molecule has 1 heterocycles. The van der Waals surface area contributed by atoms with Gasteiger partial charge in [0, 0.05) is 37.7 Å². The summed E-state index contributed by atoms with van der Waals surface area (Å²) in [6.07, 6.45) is 1.96. The van der Waals surface area contributed by atoms with E-state index < -0.39 is 0 Å². The smallest absolute Gasteiger partial charge is 0.0543 e. The summed E-state index contributed by atoms with van der Waals surface area (Å²) in [4.78, 5) is 2.43. The molecular formula is C19H22ClN3. The van der Waals surface area contributed by atoms with Crippen LogP contribution in [0.25, 0.3) is 0 Å². The fraction of sp³-hybridized carbons (Fsp3) is 0.316. The molecular weight excluding hydrogens is 306 g/mol. The fourth-order valence-electron chi connectivity index (χ4n) is 2.78. The topological polar surface area (TPSA) is 18.8 Å². The Kier molecular flexibility index (Phi) is 5.31. The summed E-state index contributed by atoms with van der Waals surface area (Å²) in [5.74, 6) is 0. The van der Waals surface area contributed by atoms with E-state index in [9.17, 15) is 0 Å². The third-order valence-corrected chi connectivity index (χ3v) is 4.48. The van der Waals surface area contributed by atoms with Crippen LogP contribution in [-0.2, 0) is 6.54 Å². The predicted octanol–water partition coefficient (Wildman–Crippen LogP) is 3.80. The van der Waals surface area contributed by atoms with Crippen molar-refractivity contribution >= 4 is 17.8 Å². The first-order valence-corrected chi connectivity index (χ1v) is 8.40. The van der Waals surface area contributed by atoms with Crippen LogP contribution in [0, 0.1) is 6.92 Å². The maximum atomic E-state index is 6.24. The highest BCUT2D eigenvalue weighted by molar-refractivity contribution is 6.31. The number of hydrogen-bond acceptors (Lipinski definition) is 3. The van der Waals surface area contributed by atoms with Crippen LogP contribution in [0.4, 0.5) is 0 Å².